The lowest BCUT2D eigenvalue weighted by Crippen LogP contribution is -2.38. The second kappa shape index (κ2) is 7.48. The third kappa shape index (κ3) is 3.85. The summed E-state index contributed by atoms with van der Waals surface area (Å²) in [6.07, 6.45) is 4.43. The van der Waals surface area contributed by atoms with Crippen LogP contribution in [-0.2, 0) is 0 Å². The molecule has 112 valence electrons. The Morgan fingerprint density at radius 3 is 2.40 bits per heavy atom. The normalized spacial score (nSPS) is 17.1. The van der Waals surface area contributed by atoms with Gasteiger partial charge in [0.25, 0.3) is 0 Å². The molecule has 0 amide bonds. The molecule has 0 aliphatic carbocycles. The molecule has 1 aliphatic rings. The smallest absolute Gasteiger partial charge is 0.128 e. The molecule has 1 aliphatic heterocycles. The van der Waals surface area contributed by atoms with Gasteiger partial charge in [0, 0.05) is 32.2 Å². The largest absolute Gasteiger partial charge is 0.381 e. The Balaban J connectivity index is 1.88. The zero-order chi connectivity index (χ0) is 14.4. The number of nitrogens with one attached hydrogen (secondary N) is 1. The molecule has 2 heterocycles. The molecule has 0 saturated carbocycles. The highest BCUT2D eigenvalue weighted by Crippen LogP contribution is 2.18. The fourth-order valence-corrected chi connectivity index (χ4v) is 2.84. The summed E-state index contributed by atoms with van der Waals surface area (Å²) in [6, 6.07) is 4.88. The Morgan fingerprint density at radius 2 is 1.90 bits per heavy atom. The third-order valence-electron chi connectivity index (χ3n) is 4.24. The van der Waals surface area contributed by atoms with Gasteiger partial charge < -0.3 is 15.1 Å². The van der Waals surface area contributed by atoms with E-state index in [2.05, 4.69) is 53.0 Å². The Bertz CT molecular complexity index is 378. The highest BCUT2D eigenvalue weighted by molar-refractivity contribution is 5.49. The maximum Gasteiger partial charge on any atom is 0.128 e. The molecule has 1 N–H and O–H groups in total. The van der Waals surface area contributed by atoms with Crippen molar-refractivity contribution in [2.75, 3.05) is 42.9 Å². The number of likely N-dealkylation sites (tertiary alicyclic amines) is 1. The van der Waals surface area contributed by atoms with E-state index in [0.29, 0.717) is 6.04 Å². The molecular formula is C16H28N4. The van der Waals surface area contributed by atoms with Crippen molar-refractivity contribution in [1.29, 1.82) is 0 Å². The van der Waals surface area contributed by atoms with E-state index in [-0.39, 0.29) is 0 Å². The summed E-state index contributed by atoms with van der Waals surface area (Å²) in [6.45, 7) is 12.2. The van der Waals surface area contributed by atoms with Crippen LogP contribution in [0, 0.1) is 0 Å². The number of aromatic nitrogens is 1. The lowest BCUT2D eigenvalue weighted by molar-refractivity contribution is 0.229. The monoisotopic (exact) mass is 276 g/mol. The van der Waals surface area contributed by atoms with Crippen molar-refractivity contribution >= 4 is 11.5 Å². The molecule has 1 aromatic heterocycles. The number of pyridine rings is 1. The first-order valence-corrected chi connectivity index (χ1v) is 7.96. The van der Waals surface area contributed by atoms with Gasteiger partial charge in [-0.15, -0.1) is 0 Å². The van der Waals surface area contributed by atoms with Crippen molar-refractivity contribution in [2.24, 2.45) is 0 Å². The van der Waals surface area contributed by atoms with Crippen LogP contribution in [0.2, 0.25) is 0 Å². The number of rotatable bonds is 6. The summed E-state index contributed by atoms with van der Waals surface area (Å²) in [5.74, 6) is 1.07. The predicted octanol–water partition coefficient (Wildman–Crippen LogP) is 2.82. The highest BCUT2D eigenvalue weighted by atomic mass is 15.2. The predicted molar refractivity (Wildman–Crippen MR) is 86.6 cm³/mol. The second-order valence-corrected chi connectivity index (χ2v) is 5.43. The Morgan fingerprint density at radius 1 is 1.20 bits per heavy atom. The van der Waals surface area contributed by atoms with Gasteiger partial charge in [-0.25, -0.2) is 4.98 Å². The van der Waals surface area contributed by atoms with Crippen LogP contribution < -0.4 is 10.2 Å². The molecule has 0 bridgehead atoms. The van der Waals surface area contributed by atoms with Crippen LogP contribution in [-0.4, -0.2) is 48.6 Å². The molecule has 20 heavy (non-hydrogen) atoms. The van der Waals surface area contributed by atoms with Gasteiger partial charge in [0.05, 0.1) is 11.9 Å². The summed E-state index contributed by atoms with van der Waals surface area (Å²) in [7, 11) is 0. The number of anilines is 2. The van der Waals surface area contributed by atoms with Crippen LogP contribution in [0.3, 0.4) is 0 Å². The van der Waals surface area contributed by atoms with Gasteiger partial charge in [0.1, 0.15) is 5.82 Å². The summed E-state index contributed by atoms with van der Waals surface area (Å²) in [4.78, 5) is 9.35. The van der Waals surface area contributed by atoms with E-state index < -0.39 is 0 Å². The summed E-state index contributed by atoms with van der Waals surface area (Å²) >= 11 is 0. The Hall–Kier alpha value is -1.29. The van der Waals surface area contributed by atoms with Crippen LogP contribution in [0.15, 0.2) is 18.3 Å². The van der Waals surface area contributed by atoms with Crippen molar-refractivity contribution < 1.29 is 0 Å². The quantitative estimate of drug-likeness (QED) is 0.866. The minimum absolute atomic E-state index is 0.596. The zero-order valence-electron chi connectivity index (χ0n) is 13.1. The summed E-state index contributed by atoms with van der Waals surface area (Å²) < 4.78 is 0. The van der Waals surface area contributed by atoms with E-state index in [1.54, 1.807) is 0 Å². The molecule has 1 fully saturated rings. The van der Waals surface area contributed by atoms with E-state index in [1.165, 1.54) is 32.5 Å². The third-order valence-corrected chi connectivity index (χ3v) is 4.24. The van der Waals surface area contributed by atoms with Crippen LogP contribution in [0.1, 0.15) is 33.6 Å². The average Bonchev–Trinajstić information content (AvgIpc) is 2.51. The molecule has 0 unspecified atom stereocenters. The van der Waals surface area contributed by atoms with Crippen LogP contribution in [0.4, 0.5) is 11.5 Å². The van der Waals surface area contributed by atoms with Crippen LogP contribution in [0.25, 0.3) is 0 Å². The number of piperidine rings is 1. The lowest BCUT2D eigenvalue weighted by atomic mass is 10.0. The first-order valence-electron chi connectivity index (χ1n) is 7.96. The lowest BCUT2D eigenvalue weighted by Gasteiger charge is -2.32. The molecule has 4 heteroatoms. The minimum atomic E-state index is 0.596. The first-order chi connectivity index (χ1) is 9.76. The molecule has 0 aromatic carbocycles. The second-order valence-electron chi connectivity index (χ2n) is 5.43. The average molecular weight is 276 g/mol. The van der Waals surface area contributed by atoms with Crippen molar-refractivity contribution in [3.63, 3.8) is 0 Å². The van der Waals surface area contributed by atoms with Crippen LogP contribution >= 0.6 is 0 Å². The van der Waals surface area contributed by atoms with Gasteiger partial charge in [-0.3, -0.25) is 0 Å². The summed E-state index contributed by atoms with van der Waals surface area (Å²) in [5.41, 5.74) is 1.15. The van der Waals surface area contributed by atoms with E-state index >= 15 is 0 Å². The molecule has 0 atom stereocenters. The molecule has 1 aromatic rings. The van der Waals surface area contributed by atoms with Gasteiger partial charge in [0.2, 0.25) is 0 Å². The maximum atomic E-state index is 4.57. The maximum absolute atomic E-state index is 4.57. The first kappa shape index (κ1) is 15.1. The number of hydrogen-bond donors (Lipinski definition) is 1. The van der Waals surface area contributed by atoms with Crippen molar-refractivity contribution in [1.82, 2.24) is 9.88 Å². The fourth-order valence-electron chi connectivity index (χ4n) is 2.84. The van der Waals surface area contributed by atoms with Gasteiger partial charge in [-0.05, 0) is 45.4 Å². The Kier molecular flexibility index (Phi) is 5.65. The van der Waals surface area contributed by atoms with E-state index in [4.69, 9.17) is 0 Å². The topological polar surface area (TPSA) is 31.4 Å². The van der Waals surface area contributed by atoms with Crippen LogP contribution in [0.5, 0.6) is 0 Å². The van der Waals surface area contributed by atoms with Crippen molar-refractivity contribution in [3.8, 4) is 0 Å². The molecule has 1 saturated heterocycles. The number of hydrogen-bond acceptors (Lipinski definition) is 4. The van der Waals surface area contributed by atoms with Crippen molar-refractivity contribution in [3.05, 3.63) is 18.3 Å². The molecule has 0 radical (unpaired) electrons. The van der Waals surface area contributed by atoms with Gasteiger partial charge >= 0.3 is 0 Å². The SMILES string of the molecule is CCN1CCC(Nc2ccc(N(CC)CC)nc2)CC1. The van der Waals surface area contributed by atoms with Gasteiger partial charge in [-0.2, -0.15) is 0 Å². The summed E-state index contributed by atoms with van der Waals surface area (Å²) in [5, 5.41) is 3.62. The van der Waals surface area contributed by atoms with Crippen molar-refractivity contribution in [2.45, 2.75) is 39.7 Å². The molecule has 4 nitrogen and oxygen atoms in total. The molecule has 0 spiro atoms. The zero-order valence-corrected chi connectivity index (χ0v) is 13.1. The standard InChI is InChI=1S/C16H28N4/c1-4-19-11-9-14(10-12-19)18-15-7-8-16(17-13-15)20(5-2)6-3/h7-8,13-14,18H,4-6,9-12H2,1-3H3. The fraction of sp³-hybridized carbons (Fsp3) is 0.688. The number of nitrogens with zero attached hydrogens (tertiary/aromatic N) is 3. The van der Waals surface area contributed by atoms with E-state index in [0.717, 1.165) is 24.6 Å². The molecular weight excluding hydrogens is 248 g/mol. The minimum Gasteiger partial charge on any atom is -0.381 e. The highest BCUT2D eigenvalue weighted by Gasteiger charge is 2.17. The Labute approximate surface area is 123 Å². The van der Waals surface area contributed by atoms with E-state index in [9.17, 15) is 0 Å². The van der Waals surface area contributed by atoms with E-state index in [1.807, 2.05) is 6.20 Å². The van der Waals surface area contributed by atoms with Gasteiger partial charge in [0.15, 0.2) is 0 Å². The molecule has 2 rings (SSSR count). The van der Waals surface area contributed by atoms with Gasteiger partial charge in [-0.1, -0.05) is 6.92 Å².